The van der Waals surface area contributed by atoms with Gasteiger partial charge in [0.15, 0.2) is 0 Å². The Bertz CT molecular complexity index is 2560. The molecule has 9 rings (SSSR count). The maximum atomic E-state index is 4.99. The number of aromatic nitrogens is 4. The van der Waals surface area contributed by atoms with Gasteiger partial charge in [0, 0.05) is 46.4 Å². The number of nitrogens with zero attached hydrogens (tertiary/aromatic N) is 4. The van der Waals surface area contributed by atoms with Gasteiger partial charge in [-0.3, -0.25) is 4.98 Å². The molecule has 0 unspecified atom stereocenters. The molecule has 0 spiro atoms. The standard InChI is InChI=1S/C43H30N4/c1-46-41-17-8-6-15-39(41)45-43(46)33-22-24-37-36-14-5-7-16-40(36)47(42(37)27-33)35-13-9-12-32(26-35)38-25-23-34(28-44-38)31-20-18-30(19-21-31)29-10-3-2-4-11-29/h2-28H,1H3. The lowest BCUT2D eigenvalue weighted by molar-refractivity contribution is 0.959. The Balaban J connectivity index is 1.10. The van der Waals surface area contributed by atoms with E-state index >= 15 is 0 Å². The fourth-order valence-electron chi connectivity index (χ4n) is 6.82. The van der Waals surface area contributed by atoms with Crippen molar-refractivity contribution in [2.24, 2.45) is 7.05 Å². The fraction of sp³-hybridized carbons (Fsp3) is 0.0233. The number of hydrogen-bond donors (Lipinski definition) is 0. The van der Waals surface area contributed by atoms with Crippen molar-refractivity contribution in [1.29, 1.82) is 0 Å². The van der Waals surface area contributed by atoms with E-state index in [0.717, 1.165) is 56.0 Å². The van der Waals surface area contributed by atoms with Crippen LogP contribution in [-0.2, 0) is 7.05 Å². The highest BCUT2D eigenvalue weighted by atomic mass is 15.1. The second-order valence-electron chi connectivity index (χ2n) is 12.0. The molecule has 0 N–H and O–H groups in total. The van der Waals surface area contributed by atoms with E-state index in [1.165, 1.54) is 27.4 Å². The number of benzene rings is 6. The summed E-state index contributed by atoms with van der Waals surface area (Å²) in [6.45, 7) is 0. The van der Waals surface area contributed by atoms with Crippen LogP contribution in [0.15, 0.2) is 164 Å². The van der Waals surface area contributed by atoms with Gasteiger partial charge >= 0.3 is 0 Å². The van der Waals surface area contributed by atoms with E-state index in [2.05, 4.69) is 162 Å². The monoisotopic (exact) mass is 602 g/mol. The predicted molar refractivity (Wildman–Crippen MR) is 195 cm³/mol. The average Bonchev–Trinajstić information content (AvgIpc) is 3.66. The van der Waals surface area contributed by atoms with Crippen molar-refractivity contribution in [3.63, 3.8) is 0 Å². The van der Waals surface area contributed by atoms with Crippen LogP contribution < -0.4 is 0 Å². The average molecular weight is 603 g/mol. The van der Waals surface area contributed by atoms with Gasteiger partial charge in [-0.2, -0.15) is 0 Å². The molecule has 0 radical (unpaired) electrons. The highest BCUT2D eigenvalue weighted by molar-refractivity contribution is 6.10. The molecule has 0 aliphatic rings. The highest BCUT2D eigenvalue weighted by Crippen LogP contribution is 2.36. The lowest BCUT2D eigenvalue weighted by Crippen LogP contribution is -1.96. The van der Waals surface area contributed by atoms with Gasteiger partial charge in [-0.15, -0.1) is 0 Å². The van der Waals surface area contributed by atoms with Crippen LogP contribution in [0.3, 0.4) is 0 Å². The first-order valence-corrected chi connectivity index (χ1v) is 15.9. The van der Waals surface area contributed by atoms with Gasteiger partial charge in [0.25, 0.3) is 0 Å². The van der Waals surface area contributed by atoms with E-state index in [9.17, 15) is 0 Å². The minimum atomic E-state index is 0.942. The largest absolute Gasteiger partial charge is 0.327 e. The van der Waals surface area contributed by atoms with Gasteiger partial charge in [-0.25, -0.2) is 4.98 Å². The zero-order valence-electron chi connectivity index (χ0n) is 25.9. The zero-order chi connectivity index (χ0) is 31.3. The third-order valence-corrected chi connectivity index (χ3v) is 9.21. The Labute approximate surface area is 272 Å². The molecular weight excluding hydrogens is 573 g/mol. The second kappa shape index (κ2) is 11.0. The first-order chi connectivity index (χ1) is 23.2. The third kappa shape index (κ3) is 4.62. The number of para-hydroxylation sites is 3. The Morgan fingerprint density at radius 2 is 1.09 bits per heavy atom. The van der Waals surface area contributed by atoms with E-state index in [-0.39, 0.29) is 0 Å². The molecule has 0 aliphatic heterocycles. The number of rotatable bonds is 5. The summed E-state index contributed by atoms with van der Waals surface area (Å²) in [5.74, 6) is 0.956. The summed E-state index contributed by atoms with van der Waals surface area (Å²) in [6, 6.07) is 55.8. The summed E-state index contributed by atoms with van der Waals surface area (Å²) in [7, 11) is 2.09. The van der Waals surface area contributed by atoms with Gasteiger partial charge in [-0.05, 0) is 59.2 Å². The smallest absolute Gasteiger partial charge is 0.140 e. The second-order valence-corrected chi connectivity index (χ2v) is 12.0. The predicted octanol–water partition coefficient (Wildman–Crippen LogP) is 10.7. The molecule has 0 bridgehead atoms. The van der Waals surface area contributed by atoms with E-state index in [4.69, 9.17) is 9.97 Å². The topological polar surface area (TPSA) is 35.6 Å². The Morgan fingerprint density at radius 1 is 0.447 bits per heavy atom. The Morgan fingerprint density at radius 3 is 1.87 bits per heavy atom. The van der Waals surface area contributed by atoms with Crippen LogP contribution in [0.1, 0.15) is 0 Å². The molecule has 3 aromatic heterocycles. The molecule has 4 nitrogen and oxygen atoms in total. The molecule has 6 aromatic carbocycles. The van der Waals surface area contributed by atoms with Crippen molar-refractivity contribution in [3.05, 3.63) is 164 Å². The summed E-state index contributed by atoms with van der Waals surface area (Å²) < 4.78 is 4.54. The van der Waals surface area contributed by atoms with Crippen molar-refractivity contribution >= 4 is 32.8 Å². The van der Waals surface area contributed by atoms with Crippen LogP contribution in [0.4, 0.5) is 0 Å². The quantitative estimate of drug-likeness (QED) is 0.196. The SMILES string of the molecule is Cn1c(-c2ccc3c4ccccc4n(-c4cccc(-c5ccc(-c6ccc(-c7ccccc7)cc6)cn5)c4)c3c2)nc2ccccc21. The lowest BCUT2D eigenvalue weighted by Gasteiger charge is -2.11. The highest BCUT2D eigenvalue weighted by Gasteiger charge is 2.16. The van der Waals surface area contributed by atoms with Crippen LogP contribution >= 0.6 is 0 Å². The summed E-state index contributed by atoms with van der Waals surface area (Å²) in [6.07, 6.45) is 1.98. The number of aryl methyl sites for hydroxylation is 1. The molecular formula is C43H30N4. The van der Waals surface area contributed by atoms with Gasteiger partial charge in [0.2, 0.25) is 0 Å². The molecule has 0 atom stereocenters. The number of imidazole rings is 1. The van der Waals surface area contributed by atoms with Gasteiger partial charge in [-0.1, -0.05) is 115 Å². The maximum Gasteiger partial charge on any atom is 0.140 e. The summed E-state index contributed by atoms with van der Waals surface area (Å²) >= 11 is 0. The van der Waals surface area contributed by atoms with Crippen LogP contribution in [0, 0.1) is 0 Å². The lowest BCUT2D eigenvalue weighted by atomic mass is 10.0. The van der Waals surface area contributed by atoms with E-state index < -0.39 is 0 Å². The van der Waals surface area contributed by atoms with Gasteiger partial charge < -0.3 is 9.13 Å². The fourth-order valence-corrected chi connectivity index (χ4v) is 6.82. The number of fused-ring (bicyclic) bond motifs is 4. The molecule has 9 aromatic rings. The van der Waals surface area contributed by atoms with Crippen molar-refractivity contribution in [3.8, 4) is 50.6 Å². The van der Waals surface area contributed by atoms with Crippen LogP contribution in [0.25, 0.3) is 83.4 Å². The van der Waals surface area contributed by atoms with E-state index in [1.807, 2.05) is 18.3 Å². The normalized spacial score (nSPS) is 11.5. The molecule has 0 amide bonds. The van der Waals surface area contributed by atoms with Crippen molar-refractivity contribution in [2.45, 2.75) is 0 Å². The summed E-state index contributed by atoms with van der Waals surface area (Å²) in [4.78, 5) is 9.91. The van der Waals surface area contributed by atoms with Crippen LogP contribution in [0.2, 0.25) is 0 Å². The number of hydrogen-bond acceptors (Lipinski definition) is 2. The molecule has 0 saturated heterocycles. The molecule has 222 valence electrons. The summed E-state index contributed by atoms with van der Waals surface area (Å²) in [5.41, 5.74) is 13.3. The first kappa shape index (κ1) is 27.1. The Kier molecular flexibility index (Phi) is 6.32. The number of pyridine rings is 1. The van der Waals surface area contributed by atoms with Gasteiger partial charge in [0.1, 0.15) is 5.82 Å². The molecule has 0 saturated carbocycles. The third-order valence-electron chi connectivity index (χ3n) is 9.21. The Hall–Kier alpha value is -6.26. The molecule has 47 heavy (non-hydrogen) atoms. The maximum absolute atomic E-state index is 4.99. The molecule has 0 fully saturated rings. The van der Waals surface area contributed by atoms with Crippen LogP contribution in [0.5, 0.6) is 0 Å². The van der Waals surface area contributed by atoms with E-state index in [0.29, 0.717) is 0 Å². The molecule has 3 heterocycles. The molecule has 0 aliphatic carbocycles. The van der Waals surface area contributed by atoms with Gasteiger partial charge in [0.05, 0.1) is 27.8 Å². The van der Waals surface area contributed by atoms with Crippen LogP contribution in [-0.4, -0.2) is 19.1 Å². The van der Waals surface area contributed by atoms with Crippen molar-refractivity contribution in [1.82, 2.24) is 19.1 Å². The molecule has 4 heteroatoms. The van der Waals surface area contributed by atoms with E-state index in [1.54, 1.807) is 0 Å². The first-order valence-electron chi connectivity index (χ1n) is 15.9. The zero-order valence-corrected chi connectivity index (χ0v) is 25.9. The summed E-state index contributed by atoms with van der Waals surface area (Å²) in [5, 5.41) is 2.44. The minimum absolute atomic E-state index is 0.942. The van der Waals surface area contributed by atoms with Crippen molar-refractivity contribution < 1.29 is 0 Å². The van der Waals surface area contributed by atoms with Crippen molar-refractivity contribution in [2.75, 3.05) is 0 Å². The minimum Gasteiger partial charge on any atom is -0.327 e.